The first-order chi connectivity index (χ1) is 12.8. The van der Waals surface area contributed by atoms with Crippen LogP contribution in [0.4, 0.5) is 10.5 Å². The number of unbranched alkanes of at least 4 members (excludes halogenated alkanes) is 4. The molecule has 1 atom stereocenters. The van der Waals surface area contributed by atoms with Crippen LogP contribution in [0.2, 0.25) is 5.02 Å². The van der Waals surface area contributed by atoms with Gasteiger partial charge in [0.15, 0.2) is 0 Å². The molecule has 1 aromatic rings. The van der Waals surface area contributed by atoms with Gasteiger partial charge in [0.05, 0.1) is 0 Å². The van der Waals surface area contributed by atoms with Crippen LogP contribution in [0.15, 0.2) is 18.2 Å². The second-order valence-corrected chi connectivity index (χ2v) is 7.76. The van der Waals surface area contributed by atoms with Gasteiger partial charge in [0.1, 0.15) is 12.1 Å². The molecular weight excluding hydrogens is 366 g/mol. The second-order valence-electron chi connectivity index (χ2n) is 7.33. The fraction of sp³-hybridized carbons (Fsp3) is 0.550. The number of amides is 4. The van der Waals surface area contributed by atoms with Crippen LogP contribution in [0.1, 0.15) is 57.9 Å². The van der Waals surface area contributed by atoms with E-state index in [2.05, 4.69) is 17.6 Å². The number of urea groups is 1. The van der Waals surface area contributed by atoms with Gasteiger partial charge in [-0.1, -0.05) is 56.7 Å². The number of hydrogen-bond acceptors (Lipinski definition) is 3. The Hall–Kier alpha value is -2.08. The molecule has 0 aliphatic carbocycles. The van der Waals surface area contributed by atoms with Crippen molar-refractivity contribution < 1.29 is 14.4 Å². The number of anilines is 1. The van der Waals surface area contributed by atoms with E-state index in [1.165, 1.54) is 6.42 Å². The molecule has 27 heavy (non-hydrogen) atoms. The molecule has 1 saturated heterocycles. The number of rotatable bonds is 9. The zero-order chi connectivity index (χ0) is 20.0. The van der Waals surface area contributed by atoms with Crippen molar-refractivity contribution in [2.45, 2.75) is 64.8 Å². The van der Waals surface area contributed by atoms with Gasteiger partial charge in [0.25, 0.3) is 5.91 Å². The van der Waals surface area contributed by atoms with Crippen LogP contribution in [-0.2, 0) is 9.59 Å². The van der Waals surface area contributed by atoms with E-state index in [1.807, 2.05) is 6.92 Å². The van der Waals surface area contributed by atoms with Crippen LogP contribution in [0, 0.1) is 6.92 Å². The fourth-order valence-electron chi connectivity index (χ4n) is 3.20. The van der Waals surface area contributed by atoms with Crippen molar-refractivity contribution in [3.05, 3.63) is 28.8 Å². The Labute approximate surface area is 165 Å². The van der Waals surface area contributed by atoms with Crippen molar-refractivity contribution in [2.75, 3.05) is 11.9 Å². The van der Waals surface area contributed by atoms with E-state index in [-0.39, 0.29) is 12.5 Å². The van der Waals surface area contributed by atoms with Crippen LogP contribution in [0.25, 0.3) is 0 Å². The maximum atomic E-state index is 12.7. The zero-order valence-corrected chi connectivity index (χ0v) is 17.0. The molecule has 1 heterocycles. The number of hydrogen-bond donors (Lipinski definition) is 2. The summed E-state index contributed by atoms with van der Waals surface area (Å²) in [5, 5.41) is 5.96. The summed E-state index contributed by atoms with van der Waals surface area (Å²) in [6, 6.07) is 4.65. The molecule has 0 saturated carbocycles. The predicted octanol–water partition coefficient (Wildman–Crippen LogP) is 4.26. The molecule has 148 valence electrons. The van der Waals surface area contributed by atoms with Gasteiger partial charge in [0, 0.05) is 10.7 Å². The highest BCUT2D eigenvalue weighted by molar-refractivity contribution is 6.31. The number of carbonyl (C=O) groups excluding carboxylic acids is 3. The monoisotopic (exact) mass is 393 g/mol. The largest absolute Gasteiger partial charge is 0.325 e. The Morgan fingerprint density at radius 2 is 1.93 bits per heavy atom. The topological polar surface area (TPSA) is 78.5 Å². The van der Waals surface area contributed by atoms with E-state index in [9.17, 15) is 14.4 Å². The van der Waals surface area contributed by atoms with E-state index in [4.69, 9.17) is 11.6 Å². The maximum absolute atomic E-state index is 12.7. The molecule has 1 aliphatic heterocycles. The van der Waals surface area contributed by atoms with E-state index < -0.39 is 17.5 Å². The lowest BCUT2D eigenvalue weighted by Gasteiger charge is -2.21. The SMILES string of the molecule is CCCCCCC[C@]1(C)NC(=O)N(CC(=O)Nc2cc(Cl)ccc2C)C1=O. The molecule has 0 spiro atoms. The number of aryl methyl sites for hydroxylation is 1. The van der Waals surface area contributed by atoms with Crippen LogP contribution in [0.5, 0.6) is 0 Å². The highest BCUT2D eigenvalue weighted by atomic mass is 35.5. The second kappa shape index (κ2) is 9.22. The van der Waals surface area contributed by atoms with Crippen LogP contribution in [0.3, 0.4) is 0 Å². The molecule has 0 aromatic heterocycles. The molecular formula is C20H28ClN3O3. The number of nitrogens with zero attached hydrogens (tertiary/aromatic N) is 1. The fourth-order valence-corrected chi connectivity index (χ4v) is 3.38. The smallest absolute Gasteiger partial charge is 0.324 e. The van der Waals surface area contributed by atoms with Gasteiger partial charge in [-0.05, 0) is 38.0 Å². The Bertz CT molecular complexity index is 722. The molecule has 4 amide bonds. The Kier molecular flexibility index (Phi) is 7.25. The summed E-state index contributed by atoms with van der Waals surface area (Å²) >= 11 is 5.95. The molecule has 6 nitrogen and oxygen atoms in total. The highest BCUT2D eigenvalue weighted by Crippen LogP contribution is 2.25. The molecule has 0 bridgehead atoms. The first kappa shape index (κ1) is 21.2. The Morgan fingerprint density at radius 1 is 1.22 bits per heavy atom. The molecule has 0 radical (unpaired) electrons. The van der Waals surface area contributed by atoms with E-state index in [1.54, 1.807) is 25.1 Å². The number of imide groups is 1. The average Bonchev–Trinajstić information content (AvgIpc) is 2.81. The lowest BCUT2D eigenvalue weighted by Crippen LogP contribution is -2.44. The summed E-state index contributed by atoms with van der Waals surface area (Å²) in [5.74, 6) is -0.781. The Balaban J connectivity index is 1.94. The third kappa shape index (κ3) is 5.45. The molecule has 1 aromatic carbocycles. The third-order valence-electron chi connectivity index (χ3n) is 4.90. The number of carbonyl (C=O) groups is 3. The molecule has 2 N–H and O–H groups in total. The minimum Gasteiger partial charge on any atom is -0.324 e. The minimum atomic E-state index is -0.935. The summed E-state index contributed by atoms with van der Waals surface area (Å²) in [7, 11) is 0. The van der Waals surface area contributed by atoms with Gasteiger partial charge in [-0.15, -0.1) is 0 Å². The van der Waals surface area contributed by atoms with Gasteiger partial charge >= 0.3 is 6.03 Å². The van der Waals surface area contributed by atoms with Gasteiger partial charge in [-0.25, -0.2) is 4.79 Å². The van der Waals surface area contributed by atoms with Gasteiger partial charge in [-0.2, -0.15) is 0 Å². The molecule has 1 aliphatic rings. The lowest BCUT2D eigenvalue weighted by atomic mass is 9.94. The molecule has 1 fully saturated rings. The number of nitrogens with one attached hydrogen (secondary N) is 2. The predicted molar refractivity (Wildman–Crippen MR) is 107 cm³/mol. The van der Waals surface area contributed by atoms with Crippen LogP contribution in [-0.4, -0.2) is 34.8 Å². The van der Waals surface area contributed by atoms with E-state index >= 15 is 0 Å². The Morgan fingerprint density at radius 3 is 2.63 bits per heavy atom. The first-order valence-electron chi connectivity index (χ1n) is 9.47. The standard InChI is InChI=1S/C20H28ClN3O3/c1-4-5-6-7-8-11-20(3)18(26)24(19(27)23-20)13-17(25)22-16-12-15(21)10-9-14(16)2/h9-10,12H,4-8,11,13H2,1-3H3,(H,22,25)(H,23,27)/t20-/m0/s1. The summed E-state index contributed by atoms with van der Waals surface area (Å²) in [6.45, 7) is 5.40. The summed E-state index contributed by atoms with van der Waals surface area (Å²) in [6.07, 6.45) is 5.92. The van der Waals surface area contributed by atoms with Gasteiger partial charge < -0.3 is 10.6 Å². The lowest BCUT2D eigenvalue weighted by molar-refractivity contribution is -0.133. The van der Waals surface area contributed by atoms with Crippen molar-refractivity contribution >= 4 is 35.1 Å². The normalized spacial score (nSPS) is 19.3. The minimum absolute atomic E-state index is 0.317. The van der Waals surface area contributed by atoms with Crippen molar-refractivity contribution in [3.8, 4) is 0 Å². The van der Waals surface area contributed by atoms with Crippen LogP contribution >= 0.6 is 11.6 Å². The van der Waals surface area contributed by atoms with Crippen molar-refractivity contribution in [1.82, 2.24) is 10.2 Å². The van der Waals surface area contributed by atoms with E-state index in [0.717, 1.165) is 36.1 Å². The van der Waals surface area contributed by atoms with Crippen molar-refractivity contribution in [2.24, 2.45) is 0 Å². The average molecular weight is 394 g/mol. The van der Waals surface area contributed by atoms with Crippen molar-refractivity contribution in [3.63, 3.8) is 0 Å². The van der Waals surface area contributed by atoms with Gasteiger partial charge in [-0.3, -0.25) is 14.5 Å². The third-order valence-corrected chi connectivity index (χ3v) is 5.14. The summed E-state index contributed by atoms with van der Waals surface area (Å²) in [4.78, 5) is 38.3. The first-order valence-corrected chi connectivity index (χ1v) is 9.85. The highest BCUT2D eigenvalue weighted by Gasteiger charge is 2.47. The molecule has 2 rings (SSSR count). The van der Waals surface area contributed by atoms with Gasteiger partial charge in [0.2, 0.25) is 5.91 Å². The molecule has 0 unspecified atom stereocenters. The number of benzene rings is 1. The quantitative estimate of drug-likeness (QED) is 0.486. The zero-order valence-electron chi connectivity index (χ0n) is 16.2. The summed E-state index contributed by atoms with van der Waals surface area (Å²) in [5.41, 5.74) is 0.482. The summed E-state index contributed by atoms with van der Waals surface area (Å²) < 4.78 is 0. The van der Waals surface area contributed by atoms with E-state index in [0.29, 0.717) is 17.1 Å². The maximum Gasteiger partial charge on any atom is 0.325 e. The van der Waals surface area contributed by atoms with Crippen molar-refractivity contribution in [1.29, 1.82) is 0 Å². The van der Waals surface area contributed by atoms with Crippen LogP contribution < -0.4 is 10.6 Å². The molecule has 7 heteroatoms. The number of halogens is 1.